The van der Waals surface area contributed by atoms with Crippen LogP contribution in [0.5, 0.6) is 5.06 Å². The van der Waals surface area contributed by atoms with E-state index in [2.05, 4.69) is 9.99 Å². The van der Waals surface area contributed by atoms with Crippen LogP contribution in [0.1, 0.15) is 4.88 Å². The largest absolute Gasteiger partial charge is 0.487 e. The second-order valence-electron chi connectivity index (χ2n) is 3.36. The zero-order valence-electron chi connectivity index (χ0n) is 9.77. The van der Waals surface area contributed by atoms with E-state index in [9.17, 15) is 4.79 Å². The normalized spacial score (nSPS) is 11.6. The number of halogens is 1. The fourth-order valence-corrected chi connectivity index (χ4v) is 2.90. The van der Waals surface area contributed by atoms with Gasteiger partial charge in [0.1, 0.15) is 7.11 Å². The van der Waals surface area contributed by atoms with Gasteiger partial charge in [-0.3, -0.25) is 4.79 Å². The SMILES string of the molecule is CON=C(C(=O)Cl)c1sc(OC)c2ccccc12. The average molecular weight is 284 g/mol. The van der Waals surface area contributed by atoms with Crippen LogP contribution in [0.2, 0.25) is 0 Å². The van der Waals surface area contributed by atoms with Gasteiger partial charge in [0.15, 0.2) is 10.8 Å². The standard InChI is InChI=1S/C12H10ClNO3S/c1-16-12-8-6-4-3-5-7(8)10(18-12)9(11(13)15)14-17-2/h3-6H,1-2H3. The monoisotopic (exact) mass is 283 g/mol. The average Bonchev–Trinajstić information content (AvgIpc) is 2.74. The lowest BCUT2D eigenvalue weighted by Gasteiger charge is -1.97. The summed E-state index contributed by atoms with van der Waals surface area (Å²) in [5, 5.41) is 5.51. The van der Waals surface area contributed by atoms with Crippen LogP contribution < -0.4 is 4.74 Å². The lowest BCUT2D eigenvalue weighted by molar-refractivity contribution is -0.106. The van der Waals surface area contributed by atoms with Gasteiger partial charge in [0.2, 0.25) is 0 Å². The van der Waals surface area contributed by atoms with Gasteiger partial charge in [0.25, 0.3) is 5.24 Å². The summed E-state index contributed by atoms with van der Waals surface area (Å²) in [5.41, 5.74) is 0.0867. The van der Waals surface area contributed by atoms with Crippen molar-refractivity contribution >= 4 is 44.7 Å². The fraction of sp³-hybridized carbons (Fsp3) is 0.167. The van der Waals surface area contributed by atoms with Crippen LogP contribution in [-0.4, -0.2) is 25.2 Å². The van der Waals surface area contributed by atoms with E-state index in [0.29, 0.717) is 9.94 Å². The summed E-state index contributed by atoms with van der Waals surface area (Å²) in [7, 11) is 2.95. The van der Waals surface area contributed by atoms with Gasteiger partial charge in [-0.1, -0.05) is 34.7 Å². The molecule has 0 fully saturated rings. The van der Waals surface area contributed by atoms with Crippen LogP contribution in [0.3, 0.4) is 0 Å². The third-order valence-electron chi connectivity index (χ3n) is 2.36. The van der Waals surface area contributed by atoms with E-state index in [1.165, 1.54) is 18.4 Å². The number of rotatable bonds is 4. The molecule has 0 saturated carbocycles. The molecule has 0 aliphatic heterocycles. The predicted octanol–water partition coefficient (Wildman–Crippen LogP) is 3.03. The summed E-state index contributed by atoms with van der Waals surface area (Å²) in [6.07, 6.45) is 0. The molecule has 1 heterocycles. The Morgan fingerprint density at radius 1 is 1.28 bits per heavy atom. The molecular formula is C12H10ClNO3S. The summed E-state index contributed by atoms with van der Waals surface area (Å²) in [4.78, 5) is 16.7. The molecule has 6 heteroatoms. The quantitative estimate of drug-likeness (QED) is 0.492. The second-order valence-corrected chi connectivity index (χ2v) is 4.69. The zero-order chi connectivity index (χ0) is 13.1. The first-order valence-corrected chi connectivity index (χ1v) is 6.25. The molecule has 0 spiro atoms. The third kappa shape index (κ3) is 2.19. The third-order valence-corrected chi connectivity index (χ3v) is 3.72. The number of nitrogens with zero attached hydrogens (tertiary/aromatic N) is 1. The fourth-order valence-electron chi connectivity index (χ4n) is 1.65. The first kappa shape index (κ1) is 12.9. The molecule has 2 aromatic rings. The zero-order valence-corrected chi connectivity index (χ0v) is 11.3. The van der Waals surface area contributed by atoms with Crippen molar-refractivity contribution in [2.45, 2.75) is 0 Å². The van der Waals surface area contributed by atoms with Gasteiger partial charge >= 0.3 is 0 Å². The molecule has 0 unspecified atom stereocenters. The topological polar surface area (TPSA) is 47.9 Å². The molecule has 1 aromatic carbocycles. The number of carbonyl (C=O) groups excluding carboxylic acids is 1. The van der Waals surface area contributed by atoms with Gasteiger partial charge in [-0.05, 0) is 17.7 Å². The molecule has 0 saturated heterocycles. The van der Waals surface area contributed by atoms with Crippen molar-refractivity contribution in [3.05, 3.63) is 29.1 Å². The van der Waals surface area contributed by atoms with E-state index < -0.39 is 5.24 Å². The summed E-state index contributed by atoms with van der Waals surface area (Å²) < 4.78 is 5.28. The van der Waals surface area contributed by atoms with Crippen molar-refractivity contribution < 1.29 is 14.4 Å². The lowest BCUT2D eigenvalue weighted by Crippen LogP contribution is -2.08. The molecule has 2 rings (SSSR count). The lowest BCUT2D eigenvalue weighted by atomic mass is 10.1. The maximum absolute atomic E-state index is 11.4. The Morgan fingerprint density at radius 2 is 1.94 bits per heavy atom. The summed E-state index contributed by atoms with van der Waals surface area (Å²) >= 11 is 6.84. The maximum Gasteiger partial charge on any atom is 0.275 e. The van der Waals surface area contributed by atoms with Gasteiger partial charge in [0, 0.05) is 10.8 Å². The minimum absolute atomic E-state index is 0.0867. The maximum atomic E-state index is 11.4. The van der Waals surface area contributed by atoms with Gasteiger partial charge in [-0.15, -0.1) is 0 Å². The van der Waals surface area contributed by atoms with Crippen LogP contribution in [-0.2, 0) is 9.63 Å². The molecule has 0 aliphatic carbocycles. The van der Waals surface area contributed by atoms with Crippen LogP contribution in [0.25, 0.3) is 10.8 Å². The van der Waals surface area contributed by atoms with Crippen molar-refractivity contribution in [1.29, 1.82) is 0 Å². The molecule has 4 nitrogen and oxygen atoms in total. The number of hydrogen-bond donors (Lipinski definition) is 0. The molecule has 0 aliphatic rings. The molecule has 0 amide bonds. The summed E-state index contributed by atoms with van der Waals surface area (Å²) in [6, 6.07) is 7.57. The van der Waals surface area contributed by atoms with E-state index in [1.54, 1.807) is 7.11 Å². The molecule has 0 radical (unpaired) electrons. The first-order chi connectivity index (χ1) is 8.69. The molecular weight excluding hydrogens is 274 g/mol. The first-order valence-electron chi connectivity index (χ1n) is 5.06. The second kappa shape index (κ2) is 5.37. The Balaban J connectivity index is 2.71. The molecule has 0 bridgehead atoms. The number of carbonyl (C=O) groups is 1. The highest BCUT2D eigenvalue weighted by molar-refractivity contribution is 7.19. The number of hydrogen-bond acceptors (Lipinski definition) is 5. The molecule has 18 heavy (non-hydrogen) atoms. The highest BCUT2D eigenvalue weighted by Gasteiger charge is 2.20. The van der Waals surface area contributed by atoms with Gasteiger partial charge in [-0.25, -0.2) is 0 Å². The number of oxime groups is 1. The highest BCUT2D eigenvalue weighted by atomic mass is 35.5. The summed E-state index contributed by atoms with van der Waals surface area (Å²) in [6.45, 7) is 0. The van der Waals surface area contributed by atoms with Crippen LogP contribution in [0.4, 0.5) is 0 Å². The van der Waals surface area contributed by atoms with Crippen molar-refractivity contribution in [2.24, 2.45) is 5.16 Å². The molecule has 0 N–H and O–H groups in total. The van der Waals surface area contributed by atoms with Gasteiger partial charge in [0.05, 0.1) is 12.0 Å². The van der Waals surface area contributed by atoms with Crippen molar-refractivity contribution in [3.8, 4) is 5.06 Å². The van der Waals surface area contributed by atoms with Crippen LogP contribution >= 0.6 is 22.9 Å². The number of thiophene rings is 1. The Labute approximate surface area is 113 Å². The van der Waals surface area contributed by atoms with E-state index >= 15 is 0 Å². The summed E-state index contributed by atoms with van der Waals surface area (Å²) in [5.74, 6) is 0. The van der Waals surface area contributed by atoms with Crippen molar-refractivity contribution in [1.82, 2.24) is 0 Å². The van der Waals surface area contributed by atoms with E-state index in [0.717, 1.165) is 10.8 Å². The molecule has 1 aromatic heterocycles. The van der Waals surface area contributed by atoms with E-state index in [4.69, 9.17) is 16.3 Å². The number of methoxy groups -OCH3 is 1. The highest BCUT2D eigenvalue weighted by Crippen LogP contribution is 2.38. The van der Waals surface area contributed by atoms with E-state index in [1.807, 2.05) is 24.3 Å². The Hall–Kier alpha value is -1.59. The van der Waals surface area contributed by atoms with E-state index in [-0.39, 0.29) is 5.71 Å². The smallest absolute Gasteiger partial charge is 0.275 e. The Kier molecular flexibility index (Phi) is 3.84. The number of fused-ring (bicyclic) bond motifs is 1. The minimum atomic E-state index is -0.661. The molecule has 94 valence electrons. The van der Waals surface area contributed by atoms with Crippen LogP contribution in [0, 0.1) is 0 Å². The van der Waals surface area contributed by atoms with Crippen molar-refractivity contribution in [2.75, 3.05) is 14.2 Å². The van der Waals surface area contributed by atoms with Crippen LogP contribution in [0.15, 0.2) is 29.4 Å². The Bertz CT molecular complexity index is 621. The Morgan fingerprint density at radius 3 is 2.50 bits per heavy atom. The number of benzene rings is 1. The van der Waals surface area contributed by atoms with Crippen molar-refractivity contribution in [3.63, 3.8) is 0 Å². The minimum Gasteiger partial charge on any atom is -0.487 e. The predicted molar refractivity (Wildman–Crippen MR) is 72.8 cm³/mol. The number of ether oxygens (including phenoxy) is 1. The van der Waals surface area contributed by atoms with Gasteiger partial charge in [-0.2, -0.15) is 0 Å². The van der Waals surface area contributed by atoms with Gasteiger partial charge < -0.3 is 9.57 Å². The molecule has 0 atom stereocenters.